The number of hydrogen-bond acceptors (Lipinski definition) is 3. The van der Waals surface area contributed by atoms with E-state index >= 15 is 0 Å². The Bertz CT molecular complexity index is 248. The highest BCUT2D eigenvalue weighted by Gasteiger charge is 2.04. The number of carbonyl (C=O) groups is 1. The number of thioether (sulfide) groups is 1. The maximum absolute atomic E-state index is 11.0. The monoisotopic (exact) mass is 215 g/mol. The molecule has 2 amide bonds. The minimum atomic E-state index is -0.248. The number of nitrogens with zero attached hydrogens (tertiary/aromatic N) is 1. The lowest BCUT2D eigenvalue weighted by molar-refractivity contribution is 0.247. The van der Waals surface area contributed by atoms with Crippen molar-refractivity contribution >= 4 is 23.0 Å². The summed E-state index contributed by atoms with van der Waals surface area (Å²) in [6.07, 6.45) is 3.07. The fraction of sp³-hybridized carbons (Fsp3) is 0.556. The predicted molar refractivity (Wildman–Crippen MR) is 62.6 cm³/mol. The summed E-state index contributed by atoms with van der Waals surface area (Å²) in [5.41, 5.74) is 0. The van der Waals surface area contributed by atoms with Crippen LogP contribution in [-0.2, 0) is 0 Å². The van der Waals surface area contributed by atoms with Crippen molar-refractivity contribution in [2.24, 2.45) is 4.99 Å². The lowest BCUT2D eigenvalue weighted by atomic mass is 10.4. The van der Waals surface area contributed by atoms with E-state index < -0.39 is 0 Å². The third-order valence-corrected chi connectivity index (χ3v) is 2.37. The zero-order valence-corrected chi connectivity index (χ0v) is 9.86. The SMILES string of the molecule is CC/C=C(/C)SC(=NC)NC(=O)NC. The highest BCUT2D eigenvalue weighted by Crippen LogP contribution is 2.15. The van der Waals surface area contributed by atoms with Crippen LogP contribution in [0.4, 0.5) is 4.79 Å². The maximum atomic E-state index is 11.0. The molecule has 0 saturated carbocycles. The van der Waals surface area contributed by atoms with Crippen molar-refractivity contribution in [3.63, 3.8) is 0 Å². The second-order valence-corrected chi connectivity index (χ2v) is 3.79. The van der Waals surface area contributed by atoms with Gasteiger partial charge in [0, 0.05) is 14.1 Å². The first-order chi connectivity index (χ1) is 6.63. The average molecular weight is 215 g/mol. The van der Waals surface area contributed by atoms with Crippen molar-refractivity contribution in [3.8, 4) is 0 Å². The molecule has 4 nitrogen and oxygen atoms in total. The zero-order chi connectivity index (χ0) is 11.0. The number of allylic oxidation sites excluding steroid dienone is 2. The van der Waals surface area contributed by atoms with Crippen molar-refractivity contribution < 1.29 is 4.79 Å². The molecule has 0 bridgehead atoms. The Morgan fingerprint density at radius 3 is 2.64 bits per heavy atom. The van der Waals surface area contributed by atoms with E-state index in [2.05, 4.69) is 28.6 Å². The van der Waals surface area contributed by atoms with Gasteiger partial charge in [-0.1, -0.05) is 24.8 Å². The topological polar surface area (TPSA) is 53.5 Å². The van der Waals surface area contributed by atoms with Crippen molar-refractivity contribution in [2.45, 2.75) is 20.3 Å². The van der Waals surface area contributed by atoms with Gasteiger partial charge in [-0.25, -0.2) is 4.79 Å². The van der Waals surface area contributed by atoms with Gasteiger partial charge in [-0.3, -0.25) is 10.3 Å². The van der Waals surface area contributed by atoms with Crippen molar-refractivity contribution in [1.82, 2.24) is 10.6 Å². The van der Waals surface area contributed by atoms with E-state index in [-0.39, 0.29) is 6.03 Å². The molecular weight excluding hydrogens is 198 g/mol. The molecule has 0 heterocycles. The van der Waals surface area contributed by atoms with Crippen LogP contribution in [0.5, 0.6) is 0 Å². The minimum absolute atomic E-state index is 0.248. The van der Waals surface area contributed by atoms with E-state index in [0.29, 0.717) is 5.17 Å². The second kappa shape index (κ2) is 7.44. The van der Waals surface area contributed by atoms with Gasteiger partial charge in [-0.2, -0.15) is 0 Å². The van der Waals surface area contributed by atoms with E-state index in [1.54, 1.807) is 14.1 Å². The number of amidine groups is 1. The Balaban J connectivity index is 4.18. The Morgan fingerprint density at radius 2 is 2.21 bits per heavy atom. The molecule has 5 heteroatoms. The molecule has 0 unspecified atom stereocenters. The van der Waals surface area contributed by atoms with Crippen LogP contribution in [0.15, 0.2) is 16.0 Å². The molecule has 14 heavy (non-hydrogen) atoms. The number of rotatable bonds is 2. The fourth-order valence-electron chi connectivity index (χ4n) is 0.768. The van der Waals surface area contributed by atoms with E-state index in [0.717, 1.165) is 11.3 Å². The molecule has 0 aromatic carbocycles. The summed E-state index contributed by atoms with van der Waals surface area (Å²) in [5.74, 6) is 0. The lowest BCUT2D eigenvalue weighted by Gasteiger charge is -2.06. The Kier molecular flexibility index (Phi) is 6.92. The number of urea groups is 1. The van der Waals surface area contributed by atoms with Crippen LogP contribution in [-0.4, -0.2) is 25.3 Å². The second-order valence-electron chi connectivity index (χ2n) is 2.56. The molecular formula is C9H17N3OS. The molecule has 2 N–H and O–H groups in total. The first-order valence-electron chi connectivity index (χ1n) is 4.44. The van der Waals surface area contributed by atoms with Gasteiger partial charge in [-0.05, 0) is 18.2 Å². The Hall–Kier alpha value is -0.970. The highest BCUT2D eigenvalue weighted by atomic mass is 32.2. The summed E-state index contributed by atoms with van der Waals surface area (Å²) < 4.78 is 0. The fourth-order valence-corrected chi connectivity index (χ4v) is 1.56. The molecule has 0 spiro atoms. The molecule has 0 fully saturated rings. The van der Waals surface area contributed by atoms with E-state index in [1.165, 1.54) is 11.8 Å². The quantitative estimate of drug-likeness (QED) is 0.546. The summed E-state index contributed by atoms with van der Waals surface area (Å²) in [7, 11) is 3.22. The van der Waals surface area contributed by atoms with Crippen LogP contribution >= 0.6 is 11.8 Å². The largest absolute Gasteiger partial charge is 0.341 e. The molecule has 0 rings (SSSR count). The summed E-state index contributed by atoms with van der Waals surface area (Å²) in [4.78, 5) is 16.1. The van der Waals surface area contributed by atoms with E-state index in [9.17, 15) is 4.79 Å². The third-order valence-electron chi connectivity index (χ3n) is 1.40. The van der Waals surface area contributed by atoms with Gasteiger partial charge in [0.1, 0.15) is 0 Å². The van der Waals surface area contributed by atoms with Crippen molar-refractivity contribution in [2.75, 3.05) is 14.1 Å². The highest BCUT2D eigenvalue weighted by molar-refractivity contribution is 8.17. The first kappa shape index (κ1) is 13.0. The first-order valence-corrected chi connectivity index (χ1v) is 5.25. The molecule has 0 aromatic rings. The molecule has 0 radical (unpaired) electrons. The molecule has 0 saturated heterocycles. The lowest BCUT2D eigenvalue weighted by Crippen LogP contribution is -2.35. The molecule has 0 atom stereocenters. The number of amides is 2. The van der Waals surface area contributed by atoms with Gasteiger partial charge in [0.15, 0.2) is 5.17 Å². The standard InChI is InChI=1S/C9H17N3OS/c1-5-6-7(2)14-9(11-4)12-8(13)10-3/h6H,5H2,1-4H3,(H2,10,11,12,13)/b7-6-. The van der Waals surface area contributed by atoms with Crippen LogP contribution in [0.2, 0.25) is 0 Å². The van der Waals surface area contributed by atoms with Crippen LogP contribution in [0.1, 0.15) is 20.3 Å². The predicted octanol–water partition coefficient (Wildman–Crippen LogP) is 1.95. The molecule has 80 valence electrons. The van der Waals surface area contributed by atoms with Gasteiger partial charge in [0.2, 0.25) is 0 Å². The van der Waals surface area contributed by atoms with Gasteiger partial charge in [0.25, 0.3) is 0 Å². The maximum Gasteiger partial charge on any atom is 0.320 e. The normalized spacial score (nSPS) is 12.6. The third kappa shape index (κ3) is 5.64. The Labute approximate surface area is 89.2 Å². The van der Waals surface area contributed by atoms with Crippen LogP contribution in [0, 0.1) is 0 Å². The van der Waals surface area contributed by atoms with Gasteiger partial charge >= 0.3 is 6.03 Å². The van der Waals surface area contributed by atoms with Crippen molar-refractivity contribution in [1.29, 1.82) is 0 Å². The van der Waals surface area contributed by atoms with Gasteiger partial charge in [-0.15, -0.1) is 0 Å². The number of hydrogen-bond donors (Lipinski definition) is 2. The summed E-state index contributed by atoms with van der Waals surface area (Å²) >= 11 is 1.45. The summed E-state index contributed by atoms with van der Waals surface area (Å²) in [6.45, 7) is 4.06. The summed E-state index contributed by atoms with van der Waals surface area (Å²) in [6, 6.07) is -0.248. The van der Waals surface area contributed by atoms with E-state index in [1.807, 2.05) is 6.92 Å². The number of carbonyl (C=O) groups excluding carboxylic acids is 1. The van der Waals surface area contributed by atoms with Crippen LogP contribution in [0.3, 0.4) is 0 Å². The summed E-state index contributed by atoms with van der Waals surface area (Å²) in [5, 5.41) is 5.70. The minimum Gasteiger partial charge on any atom is -0.341 e. The zero-order valence-electron chi connectivity index (χ0n) is 9.05. The number of nitrogens with one attached hydrogen (secondary N) is 2. The molecule has 0 aromatic heterocycles. The van der Waals surface area contributed by atoms with Crippen molar-refractivity contribution in [3.05, 3.63) is 11.0 Å². The Morgan fingerprint density at radius 1 is 1.57 bits per heavy atom. The number of aliphatic imine (C=N–C) groups is 1. The molecule has 0 aliphatic carbocycles. The van der Waals surface area contributed by atoms with Crippen LogP contribution in [0.25, 0.3) is 0 Å². The average Bonchev–Trinajstić information content (AvgIpc) is 2.16. The van der Waals surface area contributed by atoms with Gasteiger partial charge in [0.05, 0.1) is 0 Å². The van der Waals surface area contributed by atoms with Crippen LogP contribution < -0.4 is 10.6 Å². The molecule has 0 aliphatic rings. The van der Waals surface area contributed by atoms with E-state index in [4.69, 9.17) is 0 Å². The molecule has 0 aliphatic heterocycles. The smallest absolute Gasteiger partial charge is 0.320 e. The van der Waals surface area contributed by atoms with Gasteiger partial charge < -0.3 is 5.32 Å².